The molecule has 37 heavy (non-hydrogen) atoms. The Morgan fingerprint density at radius 1 is 1.14 bits per heavy atom. The van der Waals surface area contributed by atoms with Crippen LogP contribution in [0.5, 0.6) is 0 Å². The van der Waals surface area contributed by atoms with Crippen molar-refractivity contribution in [2.24, 2.45) is 0 Å². The summed E-state index contributed by atoms with van der Waals surface area (Å²) in [6.07, 6.45) is 6.43. The van der Waals surface area contributed by atoms with Crippen LogP contribution in [-0.4, -0.2) is 53.7 Å². The summed E-state index contributed by atoms with van der Waals surface area (Å²) in [5.74, 6) is -0.462. The van der Waals surface area contributed by atoms with Crippen LogP contribution in [0.15, 0.2) is 67.3 Å². The Balaban J connectivity index is 1.44. The van der Waals surface area contributed by atoms with Crippen LogP contribution in [0.3, 0.4) is 0 Å². The summed E-state index contributed by atoms with van der Waals surface area (Å²) < 4.78 is 14.1. The van der Waals surface area contributed by atoms with Crippen molar-refractivity contribution in [3.8, 4) is 0 Å². The molecule has 0 unspecified atom stereocenters. The minimum absolute atomic E-state index is 0.305. The van der Waals surface area contributed by atoms with Crippen molar-refractivity contribution in [2.75, 3.05) is 11.4 Å². The zero-order valence-electron chi connectivity index (χ0n) is 19.9. The minimum Gasteiger partial charge on any atom is -0.480 e. The smallest absolute Gasteiger partial charge is 0.320 e. The van der Waals surface area contributed by atoms with Crippen LogP contribution in [-0.2, 0) is 17.9 Å². The lowest BCUT2D eigenvalue weighted by atomic mass is 10.1. The van der Waals surface area contributed by atoms with Gasteiger partial charge in [0.05, 0.1) is 29.1 Å². The molecule has 9 nitrogen and oxygen atoms in total. The molecule has 0 saturated carbocycles. The number of aromatic nitrogens is 5. The molecule has 0 aliphatic carbocycles. The second-order valence-corrected chi connectivity index (χ2v) is 9.21. The van der Waals surface area contributed by atoms with E-state index in [9.17, 15) is 14.3 Å². The van der Waals surface area contributed by atoms with Crippen LogP contribution < -0.4 is 4.90 Å². The average molecular weight is 498 g/mol. The van der Waals surface area contributed by atoms with Gasteiger partial charge < -0.3 is 10.0 Å². The van der Waals surface area contributed by atoms with Crippen molar-refractivity contribution >= 4 is 39.3 Å². The third kappa shape index (κ3) is 4.58. The van der Waals surface area contributed by atoms with Crippen molar-refractivity contribution in [3.63, 3.8) is 0 Å². The highest BCUT2D eigenvalue weighted by Crippen LogP contribution is 2.33. The Bertz CT molecular complexity index is 1600. The number of aliphatic carboxylic acids is 1. The molecule has 0 radical (unpaired) electrons. The predicted octanol–water partition coefficient (Wildman–Crippen LogP) is 4.43. The SMILES string of the molecule is O=C(O)[C@H]1CCCN1Cc1cc2c(N(Cc3cccc(F)c3)c3ccc4[nH]ncc4c3)ncnc2cn1. The lowest BCUT2D eigenvalue weighted by Gasteiger charge is -2.26. The number of hydrogen-bond donors (Lipinski definition) is 2. The highest BCUT2D eigenvalue weighted by Gasteiger charge is 2.30. The van der Waals surface area contributed by atoms with Gasteiger partial charge in [0.25, 0.3) is 0 Å². The van der Waals surface area contributed by atoms with E-state index in [1.165, 1.54) is 18.5 Å². The van der Waals surface area contributed by atoms with Gasteiger partial charge in [0.1, 0.15) is 24.0 Å². The number of rotatable bonds is 7. The van der Waals surface area contributed by atoms with Gasteiger partial charge in [-0.25, -0.2) is 14.4 Å². The molecular weight excluding hydrogens is 473 g/mol. The van der Waals surface area contributed by atoms with Gasteiger partial charge in [0.15, 0.2) is 0 Å². The molecule has 1 aliphatic heterocycles. The largest absolute Gasteiger partial charge is 0.480 e. The maximum atomic E-state index is 14.1. The molecule has 2 aromatic carbocycles. The Labute approximate surface area is 211 Å². The molecule has 1 saturated heterocycles. The summed E-state index contributed by atoms with van der Waals surface area (Å²) in [5.41, 5.74) is 3.97. The quantitative estimate of drug-likeness (QED) is 0.340. The van der Waals surface area contributed by atoms with E-state index in [0.717, 1.165) is 39.7 Å². The average Bonchev–Trinajstić information content (AvgIpc) is 3.56. The number of carboxylic acid groups (broad SMARTS) is 1. The van der Waals surface area contributed by atoms with Crippen LogP contribution >= 0.6 is 0 Å². The number of H-pyrrole nitrogens is 1. The van der Waals surface area contributed by atoms with Crippen molar-refractivity contribution < 1.29 is 14.3 Å². The third-order valence-corrected chi connectivity index (χ3v) is 6.79. The molecule has 6 rings (SSSR count). The van der Waals surface area contributed by atoms with Gasteiger partial charge in [-0.15, -0.1) is 0 Å². The fourth-order valence-electron chi connectivity index (χ4n) is 5.00. The summed E-state index contributed by atoms with van der Waals surface area (Å²) in [5, 5.41) is 18.4. The first-order chi connectivity index (χ1) is 18.0. The molecule has 1 aliphatic rings. The van der Waals surface area contributed by atoms with E-state index in [-0.39, 0.29) is 5.82 Å². The molecule has 0 spiro atoms. The number of benzene rings is 2. The number of hydrogen-bond acceptors (Lipinski definition) is 7. The second-order valence-electron chi connectivity index (χ2n) is 9.21. The molecule has 0 bridgehead atoms. The fraction of sp³-hybridized carbons (Fsp3) is 0.222. The number of nitrogens with one attached hydrogen (secondary N) is 1. The number of anilines is 2. The zero-order chi connectivity index (χ0) is 25.4. The van der Waals surface area contributed by atoms with E-state index in [1.54, 1.807) is 18.5 Å². The maximum Gasteiger partial charge on any atom is 0.320 e. The number of aromatic amines is 1. The minimum atomic E-state index is -0.807. The molecule has 0 amide bonds. The highest BCUT2D eigenvalue weighted by atomic mass is 19.1. The Morgan fingerprint density at radius 2 is 2.05 bits per heavy atom. The van der Waals surface area contributed by atoms with Crippen molar-refractivity contribution in [3.05, 3.63) is 84.3 Å². The first kappa shape index (κ1) is 23.0. The van der Waals surface area contributed by atoms with Gasteiger partial charge in [-0.2, -0.15) is 5.10 Å². The monoisotopic (exact) mass is 497 g/mol. The van der Waals surface area contributed by atoms with E-state index in [0.29, 0.717) is 37.4 Å². The summed E-state index contributed by atoms with van der Waals surface area (Å²) in [6, 6.07) is 13.9. The fourth-order valence-corrected chi connectivity index (χ4v) is 5.00. The van der Waals surface area contributed by atoms with Crippen LogP contribution in [0.1, 0.15) is 24.1 Å². The number of fused-ring (bicyclic) bond motifs is 2. The third-order valence-electron chi connectivity index (χ3n) is 6.79. The summed E-state index contributed by atoms with van der Waals surface area (Å²) in [6.45, 7) is 1.51. The molecule has 186 valence electrons. The number of carbonyl (C=O) groups is 1. The molecule has 10 heteroatoms. The first-order valence-electron chi connectivity index (χ1n) is 12.1. The van der Waals surface area contributed by atoms with Crippen LogP contribution in [0.2, 0.25) is 0 Å². The molecule has 5 aromatic rings. The highest BCUT2D eigenvalue weighted by molar-refractivity contribution is 5.92. The summed E-state index contributed by atoms with van der Waals surface area (Å²) >= 11 is 0. The van der Waals surface area contributed by atoms with Crippen molar-refractivity contribution in [1.29, 1.82) is 0 Å². The number of halogens is 1. The number of pyridine rings is 1. The summed E-state index contributed by atoms with van der Waals surface area (Å²) in [4.78, 5) is 29.2. The molecule has 2 N–H and O–H groups in total. The Hall–Kier alpha value is -4.44. The second kappa shape index (κ2) is 9.55. The standard InChI is InChI=1S/C27H24FN7O2/c28-19-4-1-3-17(9-19)14-35(21-6-7-23-18(10-21)12-32-33-23)26-22-11-20(29-13-24(22)30-16-31-26)15-34-8-2-5-25(34)27(36)37/h1,3-4,6-7,9-13,16,25H,2,5,8,14-15H2,(H,32,33)(H,36,37)/t25-/m1/s1. The van der Waals surface area contributed by atoms with E-state index >= 15 is 0 Å². The van der Waals surface area contributed by atoms with E-state index in [1.807, 2.05) is 40.1 Å². The van der Waals surface area contributed by atoms with Gasteiger partial charge in [0.2, 0.25) is 0 Å². The van der Waals surface area contributed by atoms with Gasteiger partial charge in [-0.05, 0) is 61.3 Å². The lowest BCUT2D eigenvalue weighted by Crippen LogP contribution is -2.35. The first-order valence-corrected chi connectivity index (χ1v) is 12.1. The van der Waals surface area contributed by atoms with Gasteiger partial charge in [-0.1, -0.05) is 12.1 Å². The molecular formula is C27H24FN7O2. The number of likely N-dealkylation sites (tertiary alicyclic amines) is 1. The summed E-state index contributed by atoms with van der Waals surface area (Å²) in [7, 11) is 0. The lowest BCUT2D eigenvalue weighted by molar-refractivity contribution is -0.142. The number of nitrogens with zero attached hydrogens (tertiary/aromatic N) is 6. The van der Waals surface area contributed by atoms with Gasteiger partial charge in [-0.3, -0.25) is 19.8 Å². The number of carboxylic acids is 1. The topological polar surface area (TPSA) is 111 Å². The predicted molar refractivity (Wildman–Crippen MR) is 137 cm³/mol. The van der Waals surface area contributed by atoms with Crippen LogP contribution in [0, 0.1) is 5.82 Å². The van der Waals surface area contributed by atoms with Crippen LogP contribution in [0.4, 0.5) is 15.9 Å². The Morgan fingerprint density at radius 3 is 2.92 bits per heavy atom. The van der Waals surface area contributed by atoms with E-state index in [4.69, 9.17) is 0 Å². The molecule has 1 atom stereocenters. The zero-order valence-corrected chi connectivity index (χ0v) is 19.9. The molecule has 1 fully saturated rings. The van der Waals surface area contributed by atoms with Gasteiger partial charge >= 0.3 is 5.97 Å². The van der Waals surface area contributed by atoms with Crippen molar-refractivity contribution in [2.45, 2.75) is 32.0 Å². The van der Waals surface area contributed by atoms with Crippen LogP contribution in [0.25, 0.3) is 21.8 Å². The maximum absolute atomic E-state index is 14.1. The Kier molecular flexibility index (Phi) is 5.93. The normalized spacial score (nSPS) is 16.0. The molecule has 3 aromatic heterocycles. The van der Waals surface area contributed by atoms with Crippen molar-refractivity contribution in [1.82, 2.24) is 30.0 Å². The van der Waals surface area contributed by atoms with Gasteiger partial charge in [0, 0.05) is 29.5 Å². The van der Waals surface area contributed by atoms with E-state index < -0.39 is 12.0 Å². The molecule has 4 heterocycles. The van der Waals surface area contributed by atoms with E-state index in [2.05, 4.69) is 25.1 Å².